The minimum atomic E-state index is -1.88. The van der Waals surface area contributed by atoms with Gasteiger partial charge in [-0.2, -0.15) is 0 Å². The van der Waals surface area contributed by atoms with E-state index in [9.17, 15) is 62.6 Å². The van der Waals surface area contributed by atoms with Crippen LogP contribution in [0.1, 0.15) is 63.9 Å². The second-order valence-electron chi connectivity index (χ2n) is 17.8. The maximum Gasteiger partial charge on any atom is 0.305 e. The van der Waals surface area contributed by atoms with Crippen LogP contribution in [0.5, 0.6) is 5.75 Å². The minimum absolute atomic E-state index is 0.00763. The molecular formula is C45H69N17O14S2. The Morgan fingerprint density at radius 3 is 1.81 bits per heavy atom. The van der Waals surface area contributed by atoms with Crippen molar-refractivity contribution in [1.82, 2.24) is 47.4 Å². The van der Waals surface area contributed by atoms with Crippen LogP contribution in [0.2, 0.25) is 0 Å². The number of fused-ring (bicyclic) bond motifs is 1. The predicted octanol–water partition coefficient (Wildman–Crippen LogP) is -6.90. The van der Waals surface area contributed by atoms with Gasteiger partial charge in [0.2, 0.25) is 65.0 Å². The molecule has 2 saturated heterocycles. The molecule has 2 fully saturated rings. The summed E-state index contributed by atoms with van der Waals surface area (Å²) in [5.41, 5.74) is 33.5. The van der Waals surface area contributed by atoms with Crippen molar-refractivity contribution in [2.24, 2.45) is 44.4 Å². The number of carboxylic acid groups (broad SMARTS) is 1. The van der Waals surface area contributed by atoms with Gasteiger partial charge in [0, 0.05) is 44.5 Å². The predicted molar refractivity (Wildman–Crippen MR) is 284 cm³/mol. The summed E-state index contributed by atoms with van der Waals surface area (Å²) in [6.07, 6.45) is -1.87. The number of nitrogens with zero attached hydrogens (tertiary/aromatic N) is 3. The van der Waals surface area contributed by atoms with Crippen LogP contribution in [0.25, 0.3) is 0 Å². The van der Waals surface area contributed by atoms with Crippen LogP contribution in [-0.4, -0.2) is 186 Å². The molecule has 11 amide bonds. The number of aliphatic imine (C=N–C) groups is 2. The van der Waals surface area contributed by atoms with E-state index >= 15 is 0 Å². The van der Waals surface area contributed by atoms with Crippen LogP contribution in [0, 0.1) is 0 Å². The highest BCUT2D eigenvalue weighted by Crippen LogP contribution is 2.24. The molecule has 33 heteroatoms. The summed E-state index contributed by atoms with van der Waals surface area (Å²) in [5.74, 6) is -12.7. The van der Waals surface area contributed by atoms with Crippen molar-refractivity contribution in [2.75, 3.05) is 44.8 Å². The largest absolute Gasteiger partial charge is 0.497 e. The first-order chi connectivity index (χ1) is 36.9. The minimum Gasteiger partial charge on any atom is -0.497 e. The molecule has 21 N–H and O–H groups in total. The van der Waals surface area contributed by atoms with E-state index < -0.39 is 139 Å². The Labute approximate surface area is 455 Å². The molecule has 0 spiro atoms. The van der Waals surface area contributed by atoms with Crippen LogP contribution in [0.15, 0.2) is 34.3 Å². The standard InChI is InChI=1S/C45H69N17O14S2/c1-22(63)55-31-21-78-77-20-30(36(47)68)61-38(70)26(7-4-14-53-45(50)51)57-39(71)27(16-23-9-11-24(76-2)12-10-23)59-40(72)28(18-35(66)67)56-34(65)19-54-37(69)25(6-3-13-52-44(48)49)58-42(74)32-8-5-15-62(32)43(75)29(17-33(46)64)60-41(31)73/h9-12,25-32H,3-8,13-21H2,1-2H3,(H2,46,64)(H2,47,68)(H,54,69)(H,55,63)(H,56,65)(H,57,71)(H,58,74)(H,59,72)(H,60,73)(H,61,70)(H,66,67)(H4,48,49,52)(H4,50,51,53)/t25?,26-,27-,28?,29-,30?,31-,32-/m0/s1. The summed E-state index contributed by atoms with van der Waals surface area (Å²) in [6, 6.07) is -5.84. The fourth-order valence-electron chi connectivity index (χ4n) is 7.79. The number of carboxylic acids is 1. The molecule has 8 atom stereocenters. The lowest BCUT2D eigenvalue weighted by molar-refractivity contribution is -0.143. The van der Waals surface area contributed by atoms with Crippen LogP contribution < -0.4 is 81.7 Å². The number of guanidine groups is 2. The molecule has 0 radical (unpaired) electrons. The first-order valence-electron chi connectivity index (χ1n) is 24.3. The van der Waals surface area contributed by atoms with Gasteiger partial charge in [0.25, 0.3) is 0 Å². The number of carbonyl (C=O) groups is 12. The zero-order valence-corrected chi connectivity index (χ0v) is 44.5. The average molecular weight is 1140 g/mol. The van der Waals surface area contributed by atoms with Gasteiger partial charge in [-0.1, -0.05) is 33.7 Å². The number of hydrogen-bond acceptors (Lipinski definition) is 17. The molecular weight excluding hydrogens is 1070 g/mol. The molecule has 2 aliphatic heterocycles. The maximum atomic E-state index is 14.3. The smallest absolute Gasteiger partial charge is 0.305 e. The van der Waals surface area contributed by atoms with E-state index in [0.29, 0.717) is 11.3 Å². The number of methoxy groups -OCH3 is 1. The van der Waals surface area contributed by atoms with E-state index in [-0.39, 0.29) is 88.0 Å². The van der Waals surface area contributed by atoms with Crippen molar-refractivity contribution in [1.29, 1.82) is 0 Å². The fraction of sp³-hybridized carbons (Fsp3) is 0.556. The number of amides is 11. The number of primary amides is 2. The van der Waals surface area contributed by atoms with E-state index in [4.69, 9.17) is 39.1 Å². The highest BCUT2D eigenvalue weighted by Gasteiger charge is 2.40. The van der Waals surface area contributed by atoms with Crippen LogP contribution in [0.3, 0.4) is 0 Å². The Balaban J connectivity index is 2.13. The van der Waals surface area contributed by atoms with Gasteiger partial charge in [-0.05, 0) is 56.2 Å². The van der Waals surface area contributed by atoms with Crippen molar-refractivity contribution in [3.63, 3.8) is 0 Å². The monoisotopic (exact) mass is 1140 g/mol. The topological polar surface area (TPSA) is 515 Å². The van der Waals surface area contributed by atoms with Crippen molar-refractivity contribution in [2.45, 2.75) is 113 Å². The van der Waals surface area contributed by atoms with Gasteiger partial charge >= 0.3 is 5.97 Å². The summed E-state index contributed by atoms with van der Waals surface area (Å²) in [5, 5.41) is 29.4. The van der Waals surface area contributed by atoms with Gasteiger partial charge in [0.05, 0.1) is 26.5 Å². The Morgan fingerprint density at radius 1 is 0.692 bits per heavy atom. The first kappa shape index (κ1) is 64.2. The number of carbonyl (C=O) groups excluding carboxylic acids is 11. The quantitative estimate of drug-likeness (QED) is 0.0298. The van der Waals surface area contributed by atoms with E-state index in [1.165, 1.54) is 7.11 Å². The maximum absolute atomic E-state index is 14.3. The average Bonchev–Trinajstić information content (AvgIpc) is 3.87. The number of ether oxygens (including phenoxy) is 1. The van der Waals surface area contributed by atoms with Gasteiger partial charge in [-0.3, -0.25) is 67.5 Å². The highest BCUT2D eigenvalue weighted by molar-refractivity contribution is 8.76. The zero-order valence-electron chi connectivity index (χ0n) is 42.9. The van der Waals surface area contributed by atoms with Crippen molar-refractivity contribution in [3.05, 3.63) is 29.8 Å². The number of rotatable bonds is 17. The van der Waals surface area contributed by atoms with Gasteiger partial charge in [-0.15, -0.1) is 0 Å². The third kappa shape index (κ3) is 22.6. The van der Waals surface area contributed by atoms with Crippen LogP contribution >= 0.6 is 21.6 Å². The van der Waals surface area contributed by atoms with Crippen molar-refractivity contribution in [3.8, 4) is 5.75 Å². The Hall–Kier alpha value is -8.10. The van der Waals surface area contributed by atoms with E-state index in [1.54, 1.807) is 24.3 Å². The Kier molecular flexibility index (Phi) is 26.7. The molecule has 2 aliphatic rings. The second kappa shape index (κ2) is 32.5. The fourth-order valence-corrected chi connectivity index (χ4v) is 10.1. The molecule has 0 bridgehead atoms. The number of aliphatic carboxylic acids is 1. The number of nitrogens with one attached hydrogen (secondary N) is 8. The van der Waals surface area contributed by atoms with Gasteiger partial charge in [-0.25, -0.2) is 0 Å². The summed E-state index contributed by atoms with van der Waals surface area (Å²) in [6.45, 7) is 0.154. The summed E-state index contributed by atoms with van der Waals surface area (Å²) < 4.78 is 5.22. The van der Waals surface area contributed by atoms with Gasteiger partial charge < -0.3 is 91.7 Å². The van der Waals surface area contributed by atoms with Crippen molar-refractivity contribution < 1.29 is 67.4 Å². The number of hydrogen-bond donors (Lipinski definition) is 15. The SMILES string of the molecule is COc1ccc(C[C@@H]2NC(=O)C(CC(=O)O)NC(=O)CNC(=O)C(CCCN=C(N)N)NC(=O)[C@@H]3CCCN3C(=O)[C@H](CC(N)=O)NC(=O)[C@@H](NC(C)=O)CSSCC(C(N)=O)NC(=O)[C@H](CCCN=C(N)N)NC2=O)cc1. The number of nitrogens with two attached hydrogens (primary N) is 6. The molecule has 31 nitrogen and oxygen atoms in total. The van der Waals surface area contributed by atoms with Gasteiger partial charge in [0.15, 0.2) is 11.9 Å². The van der Waals surface area contributed by atoms with E-state index in [0.717, 1.165) is 33.4 Å². The summed E-state index contributed by atoms with van der Waals surface area (Å²) in [4.78, 5) is 170. The van der Waals surface area contributed by atoms with Crippen molar-refractivity contribution >= 4 is 104 Å². The Bertz CT molecular complexity index is 2410. The molecule has 3 unspecified atom stereocenters. The van der Waals surface area contributed by atoms with Crippen LogP contribution in [-0.2, 0) is 64.0 Å². The van der Waals surface area contributed by atoms with Crippen LogP contribution in [0.4, 0.5) is 0 Å². The Morgan fingerprint density at radius 2 is 1.24 bits per heavy atom. The normalized spacial score (nSPS) is 23.7. The lowest BCUT2D eigenvalue weighted by Gasteiger charge is -2.30. The molecule has 2 heterocycles. The molecule has 78 heavy (non-hydrogen) atoms. The molecule has 430 valence electrons. The molecule has 1 aromatic rings. The van der Waals surface area contributed by atoms with E-state index in [1.807, 2.05) is 0 Å². The summed E-state index contributed by atoms with van der Waals surface area (Å²) in [7, 11) is 3.28. The highest BCUT2D eigenvalue weighted by atomic mass is 33.1. The first-order valence-corrected chi connectivity index (χ1v) is 26.8. The number of benzene rings is 1. The molecule has 0 aromatic heterocycles. The second-order valence-corrected chi connectivity index (χ2v) is 20.3. The summed E-state index contributed by atoms with van der Waals surface area (Å²) >= 11 is 0. The zero-order chi connectivity index (χ0) is 58.1. The molecule has 1 aromatic carbocycles. The van der Waals surface area contributed by atoms with Gasteiger partial charge in [0.1, 0.15) is 54.1 Å². The molecule has 0 aliphatic carbocycles. The molecule has 3 rings (SSSR count). The van der Waals surface area contributed by atoms with E-state index in [2.05, 4.69) is 52.5 Å². The lowest BCUT2D eigenvalue weighted by atomic mass is 10.0. The third-order valence-electron chi connectivity index (χ3n) is 11.6. The lowest BCUT2D eigenvalue weighted by Crippen LogP contribution is -2.59. The third-order valence-corrected chi connectivity index (χ3v) is 14.0. The molecule has 0 saturated carbocycles.